The Balaban J connectivity index is 2.12. The number of hydrogen-bond donors (Lipinski definition) is 1. The number of rotatable bonds is 3. The summed E-state index contributed by atoms with van der Waals surface area (Å²) in [6, 6.07) is 5.53. The van der Waals surface area contributed by atoms with Crippen LogP contribution in [0.5, 0.6) is 5.88 Å². The number of thiophene rings is 1. The molecule has 0 aliphatic heterocycles. The zero-order valence-electron chi connectivity index (χ0n) is 10.4. The van der Waals surface area contributed by atoms with Crippen LogP contribution in [0.3, 0.4) is 0 Å². The van der Waals surface area contributed by atoms with Crippen molar-refractivity contribution in [2.45, 2.75) is 0 Å². The van der Waals surface area contributed by atoms with Gasteiger partial charge in [-0.1, -0.05) is 0 Å². The standard InChI is InChI=1S/C12H11N5OS/c1-13-10-7-5-6-19-12(7)15-11(14-10)8-3-4-9(18-2)17-16-8/h3-6H,1-2H3,(H,13,14,15). The summed E-state index contributed by atoms with van der Waals surface area (Å²) in [7, 11) is 3.39. The van der Waals surface area contributed by atoms with E-state index in [0.717, 1.165) is 16.0 Å². The molecule has 6 nitrogen and oxygen atoms in total. The van der Waals surface area contributed by atoms with Crippen LogP contribution in [0.4, 0.5) is 5.82 Å². The van der Waals surface area contributed by atoms with E-state index in [1.807, 2.05) is 18.5 Å². The first-order chi connectivity index (χ1) is 9.31. The molecule has 19 heavy (non-hydrogen) atoms. The summed E-state index contributed by atoms with van der Waals surface area (Å²) >= 11 is 1.57. The third-order valence-electron chi connectivity index (χ3n) is 2.64. The van der Waals surface area contributed by atoms with E-state index in [9.17, 15) is 0 Å². The molecular formula is C12H11N5OS. The maximum atomic E-state index is 4.98. The van der Waals surface area contributed by atoms with E-state index < -0.39 is 0 Å². The molecule has 3 aromatic rings. The first kappa shape index (κ1) is 11.8. The Morgan fingerprint density at radius 1 is 1.16 bits per heavy atom. The summed E-state index contributed by atoms with van der Waals surface area (Å²) in [6.45, 7) is 0. The van der Waals surface area contributed by atoms with Gasteiger partial charge in [0.2, 0.25) is 5.88 Å². The Morgan fingerprint density at radius 3 is 2.74 bits per heavy atom. The molecular weight excluding hydrogens is 262 g/mol. The van der Waals surface area contributed by atoms with Crippen molar-refractivity contribution in [2.24, 2.45) is 0 Å². The normalized spacial score (nSPS) is 10.6. The van der Waals surface area contributed by atoms with Crippen molar-refractivity contribution in [3.05, 3.63) is 23.6 Å². The van der Waals surface area contributed by atoms with Gasteiger partial charge in [-0.05, 0) is 17.5 Å². The Labute approximate surface area is 113 Å². The topological polar surface area (TPSA) is 72.8 Å². The van der Waals surface area contributed by atoms with Crippen LogP contribution in [0.25, 0.3) is 21.7 Å². The van der Waals surface area contributed by atoms with Crippen LogP contribution in [0, 0.1) is 0 Å². The minimum atomic E-state index is 0.467. The molecule has 3 heterocycles. The second kappa shape index (κ2) is 4.77. The van der Waals surface area contributed by atoms with Crippen molar-refractivity contribution >= 4 is 27.4 Å². The van der Waals surface area contributed by atoms with Crippen LogP contribution < -0.4 is 10.1 Å². The van der Waals surface area contributed by atoms with Gasteiger partial charge in [-0.15, -0.1) is 21.5 Å². The number of nitrogens with one attached hydrogen (secondary N) is 1. The molecule has 7 heteroatoms. The van der Waals surface area contributed by atoms with Crippen molar-refractivity contribution in [3.63, 3.8) is 0 Å². The van der Waals surface area contributed by atoms with Gasteiger partial charge in [0.15, 0.2) is 5.82 Å². The fourth-order valence-electron chi connectivity index (χ4n) is 1.71. The van der Waals surface area contributed by atoms with E-state index in [2.05, 4.69) is 25.5 Å². The number of aromatic nitrogens is 4. The third-order valence-corrected chi connectivity index (χ3v) is 3.45. The molecule has 0 amide bonds. The quantitative estimate of drug-likeness (QED) is 0.788. The van der Waals surface area contributed by atoms with E-state index in [4.69, 9.17) is 4.74 Å². The van der Waals surface area contributed by atoms with Gasteiger partial charge in [0.05, 0.1) is 12.5 Å². The predicted molar refractivity (Wildman–Crippen MR) is 74.5 cm³/mol. The highest BCUT2D eigenvalue weighted by Gasteiger charge is 2.11. The molecule has 3 rings (SSSR count). The average Bonchev–Trinajstić information content (AvgIpc) is 2.94. The molecule has 0 unspecified atom stereocenters. The number of hydrogen-bond acceptors (Lipinski definition) is 7. The molecule has 0 radical (unpaired) electrons. The molecule has 96 valence electrons. The molecule has 0 aliphatic rings. The van der Waals surface area contributed by atoms with E-state index in [0.29, 0.717) is 17.4 Å². The summed E-state index contributed by atoms with van der Waals surface area (Å²) in [6.07, 6.45) is 0. The summed E-state index contributed by atoms with van der Waals surface area (Å²) in [4.78, 5) is 9.88. The number of ether oxygens (including phenoxy) is 1. The van der Waals surface area contributed by atoms with Crippen LogP contribution in [0.2, 0.25) is 0 Å². The highest BCUT2D eigenvalue weighted by atomic mass is 32.1. The lowest BCUT2D eigenvalue weighted by atomic mass is 10.3. The molecule has 1 N–H and O–H groups in total. The van der Waals surface area contributed by atoms with E-state index in [1.54, 1.807) is 30.6 Å². The molecule has 0 fully saturated rings. The summed E-state index contributed by atoms with van der Waals surface area (Å²) < 4.78 is 4.98. The van der Waals surface area contributed by atoms with Gasteiger partial charge >= 0.3 is 0 Å². The predicted octanol–water partition coefficient (Wildman–Crippen LogP) is 2.20. The lowest BCUT2D eigenvalue weighted by molar-refractivity contribution is 0.392. The van der Waals surface area contributed by atoms with Gasteiger partial charge in [-0.25, -0.2) is 9.97 Å². The fourth-order valence-corrected chi connectivity index (χ4v) is 2.47. The Morgan fingerprint density at radius 2 is 2.05 bits per heavy atom. The fraction of sp³-hybridized carbons (Fsp3) is 0.167. The summed E-state index contributed by atoms with van der Waals surface area (Å²) in [5.41, 5.74) is 0.618. The minimum absolute atomic E-state index is 0.467. The highest BCUT2D eigenvalue weighted by Crippen LogP contribution is 2.27. The molecule has 0 saturated carbocycles. The Hall–Kier alpha value is -2.28. The highest BCUT2D eigenvalue weighted by molar-refractivity contribution is 7.16. The van der Waals surface area contributed by atoms with E-state index in [1.165, 1.54) is 0 Å². The molecule has 0 atom stereocenters. The smallest absolute Gasteiger partial charge is 0.233 e. The van der Waals surface area contributed by atoms with Crippen molar-refractivity contribution in [2.75, 3.05) is 19.5 Å². The first-order valence-electron chi connectivity index (χ1n) is 5.63. The van der Waals surface area contributed by atoms with E-state index in [-0.39, 0.29) is 0 Å². The van der Waals surface area contributed by atoms with Crippen LogP contribution >= 0.6 is 11.3 Å². The Kier molecular flexibility index (Phi) is 2.96. The van der Waals surface area contributed by atoms with Crippen LogP contribution in [0.15, 0.2) is 23.6 Å². The van der Waals surface area contributed by atoms with Gasteiger partial charge in [0, 0.05) is 13.1 Å². The lowest BCUT2D eigenvalue weighted by Gasteiger charge is -2.04. The second-order valence-corrected chi connectivity index (χ2v) is 4.64. The maximum absolute atomic E-state index is 4.98. The monoisotopic (exact) mass is 273 g/mol. The van der Waals surface area contributed by atoms with Gasteiger partial charge in [-0.3, -0.25) is 0 Å². The zero-order chi connectivity index (χ0) is 13.2. The number of nitrogens with zero attached hydrogens (tertiary/aromatic N) is 4. The average molecular weight is 273 g/mol. The van der Waals surface area contributed by atoms with Crippen LogP contribution in [-0.4, -0.2) is 34.3 Å². The molecule has 0 spiro atoms. The van der Waals surface area contributed by atoms with Gasteiger partial charge in [-0.2, -0.15) is 0 Å². The largest absolute Gasteiger partial charge is 0.480 e. The lowest BCUT2D eigenvalue weighted by Crippen LogP contribution is -1.99. The van der Waals surface area contributed by atoms with Crippen LogP contribution in [0.1, 0.15) is 0 Å². The molecule has 0 saturated heterocycles. The maximum Gasteiger partial charge on any atom is 0.233 e. The molecule has 0 aliphatic carbocycles. The van der Waals surface area contributed by atoms with Crippen molar-refractivity contribution in [1.82, 2.24) is 20.2 Å². The van der Waals surface area contributed by atoms with Crippen molar-refractivity contribution in [3.8, 4) is 17.4 Å². The van der Waals surface area contributed by atoms with E-state index >= 15 is 0 Å². The third kappa shape index (κ3) is 2.08. The minimum Gasteiger partial charge on any atom is -0.480 e. The SMILES string of the molecule is CNc1nc(-c2ccc(OC)nn2)nc2sccc12. The van der Waals surface area contributed by atoms with Crippen molar-refractivity contribution in [1.29, 1.82) is 0 Å². The number of methoxy groups -OCH3 is 1. The molecule has 0 aromatic carbocycles. The molecule has 3 aromatic heterocycles. The summed E-state index contributed by atoms with van der Waals surface area (Å²) in [5.74, 6) is 1.81. The summed E-state index contributed by atoms with van der Waals surface area (Å²) in [5, 5.41) is 14.1. The molecule has 0 bridgehead atoms. The first-order valence-corrected chi connectivity index (χ1v) is 6.51. The number of fused-ring (bicyclic) bond motifs is 1. The van der Waals surface area contributed by atoms with Crippen molar-refractivity contribution < 1.29 is 4.74 Å². The second-order valence-electron chi connectivity index (χ2n) is 3.75. The van der Waals surface area contributed by atoms with Gasteiger partial charge < -0.3 is 10.1 Å². The Bertz CT molecular complexity index is 710. The van der Waals surface area contributed by atoms with Gasteiger partial charge in [0.25, 0.3) is 0 Å². The number of anilines is 1. The van der Waals surface area contributed by atoms with Gasteiger partial charge in [0.1, 0.15) is 16.3 Å². The van der Waals surface area contributed by atoms with Crippen LogP contribution in [-0.2, 0) is 0 Å². The zero-order valence-corrected chi connectivity index (χ0v) is 11.2.